The summed E-state index contributed by atoms with van der Waals surface area (Å²) in [5, 5.41) is 9.77. The number of anilines is 1. The number of aliphatic hydroxyl groups excluding tert-OH is 1. The fraction of sp³-hybridized carbons (Fsp3) is 0.500. The number of hydrogen-bond donors (Lipinski definition) is 2. The highest BCUT2D eigenvalue weighted by Crippen LogP contribution is 2.23. The molecule has 0 bridgehead atoms. The van der Waals surface area contributed by atoms with Crippen molar-refractivity contribution < 1.29 is 14.3 Å². The molecule has 0 aromatic heterocycles. The van der Waals surface area contributed by atoms with Crippen LogP contribution in [0.25, 0.3) is 0 Å². The second-order valence-corrected chi connectivity index (χ2v) is 5.50. The summed E-state index contributed by atoms with van der Waals surface area (Å²) in [7, 11) is 3.79. The van der Waals surface area contributed by atoms with E-state index in [2.05, 4.69) is 0 Å². The number of rotatable bonds is 3. The van der Waals surface area contributed by atoms with E-state index in [0.29, 0.717) is 18.7 Å². The minimum atomic E-state index is -0.589. The number of aliphatic hydroxyl groups is 1. The minimum Gasteiger partial charge on any atom is -0.399 e. The first-order valence-electron chi connectivity index (χ1n) is 6.57. The standard InChI is InChI=1S/C14H20FN3O2/c1-17(2)7-10-6-11(19)8-18(10)14(20)12-5-9(16)3-4-13(12)15/h3-5,10-11,19H,6-8,16H2,1-2H3. The molecule has 2 rings (SSSR count). The van der Waals surface area contributed by atoms with Crippen LogP contribution in [0.4, 0.5) is 10.1 Å². The van der Waals surface area contributed by atoms with E-state index in [0.717, 1.165) is 0 Å². The molecule has 6 heteroatoms. The highest BCUT2D eigenvalue weighted by molar-refractivity contribution is 5.95. The first kappa shape index (κ1) is 14.7. The van der Waals surface area contributed by atoms with Crippen LogP contribution in [0.2, 0.25) is 0 Å². The summed E-state index contributed by atoms with van der Waals surface area (Å²) in [5.41, 5.74) is 5.92. The molecule has 20 heavy (non-hydrogen) atoms. The van der Waals surface area contributed by atoms with Gasteiger partial charge >= 0.3 is 0 Å². The van der Waals surface area contributed by atoms with E-state index in [1.165, 1.54) is 23.1 Å². The van der Waals surface area contributed by atoms with Crippen molar-refractivity contribution in [1.82, 2.24) is 9.80 Å². The van der Waals surface area contributed by atoms with Crippen LogP contribution in [-0.4, -0.2) is 60.1 Å². The summed E-state index contributed by atoms with van der Waals surface area (Å²) < 4.78 is 13.8. The smallest absolute Gasteiger partial charge is 0.257 e. The molecule has 0 saturated carbocycles. The molecule has 0 aliphatic carbocycles. The van der Waals surface area contributed by atoms with Gasteiger partial charge in [0.1, 0.15) is 5.82 Å². The van der Waals surface area contributed by atoms with E-state index < -0.39 is 17.8 Å². The summed E-state index contributed by atoms with van der Waals surface area (Å²) in [6.45, 7) is 0.859. The Labute approximate surface area is 117 Å². The van der Waals surface area contributed by atoms with Gasteiger partial charge < -0.3 is 20.6 Å². The van der Waals surface area contributed by atoms with Crippen molar-refractivity contribution in [1.29, 1.82) is 0 Å². The molecule has 1 heterocycles. The Morgan fingerprint density at radius 1 is 1.55 bits per heavy atom. The lowest BCUT2D eigenvalue weighted by Gasteiger charge is -2.27. The Bertz CT molecular complexity index is 507. The van der Waals surface area contributed by atoms with E-state index >= 15 is 0 Å². The Morgan fingerprint density at radius 3 is 2.90 bits per heavy atom. The van der Waals surface area contributed by atoms with Crippen LogP contribution in [0.15, 0.2) is 18.2 Å². The molecule has 0 spiro atoms. The highest BCUT2D eigenvalue weighted by Gasteiger charge is 2.35. The molecule has 2 atom stereocenters. The van der Waals surface area contributed by atoms with Crippen LogP contribution in [0.1, 0.15) is 16.8 Å². The molecule has 1 saturated heterocycles. The molecule has 1 aromatic carbocycles. The van der Waals surface area contributed by atoms with Gasteiger partial charge in [-0.1, -0.05) is 0 Å². The number of likely N-dealkylation sites (N-methyl/N-ethyl adjacent to an activating group) is 1. The van der Waals surface area contributed by atoms with Gasteiger partial charge in [0.2, 0.25) is 0 Å². The number of benzene rings is 1. The summed E-state index contributed by atoms with van der Waals surface area (Å²) >= 11 is 0. The number of halogens is 1. The monoisotopic (exact) mass is 281 g/mol. The predicted molar refractivity (Wildman–Crippen MR) is 74.8 cm³/mol. The Kier molecular flexibility index (Phi) is 4.25. The zero-order chi connectivity index (χ0) is 14.9. The van der Waals surface area contributed by atoms with Crippen molar-refractivity contribution in [2.45, 2.75) is 18.6 Å². The zero-order valence-electron chi connectivity index (χ0n) is 11.7. The number of amides is 1. The zero-order valence-corrected chi connectivity index (χ0v) is 11.7. The third-order valence-electron chi connectivity index (χ3n) is 3.45. The van der Waals surface area contributed by atoms with E-state index in [1.807, 2.05) is 19.0 Å². The average Bonchev–Trinajstić information content (AvgIpc) is 2.71. The molecule has 1 aromatic rings. The SMILES string of the molecule is CN(C)CC1CC(O)CN1C(=O)c1cc(N)ccc1F. The molecule has 1 fully saturated rings. The number of nitrogens with zero attached hydrogens (tertiary/aromatic N) is 2. The topological polar surface area (TPSA) is 69.8 Å². The minimum absolute atomic E-state index is 0.0390. The van der Waals surface area contributed by atoms with Gasteiger partial charge in [0.05, 0.1) is 11.7 Å². The van der Waals surface area contributed by atoms with E-state index in [1.54, 1.807) is 0 Å². The van der Waals surface area contributed by atoms with Gasteiger partial charge in [0, 0.05) is 24.8 Å². The Balaban J connectivity index is 2.24. The van der Waals surface area contributed by atoms with E-state index in [4.69, 9.17) is 5.73 Å². The lowest BCUT2D eigenvalue weighted by atomic mass is 10.1. The molecule has 5 nitrogen and oxygen atoms in total. The fourth-order valence-corrected chi connectivity index (χ4v) is 2.60. The molecule has 1 amide bonds. The normalized spacial score (nSPS) is 22.6. The highest BCUT2D eigenvalue weighted by atomic mass is 19.1. The number of hydrogen-bond acceptors (Lipinski definition) is 4. The maximum absolute atomic E-state index is 13.8. The third-order valence-corrected chi connectivity index (χ3v) is 3.45. The molecule has 0 radical (unpaired) electrons. The van der Waals surface area contributed by atoms with Gasteiger partial charge in [0.15, 0.2) is 0 Å². The lowest BCUT2D eigenvalue weighted by molar-refractivity contribution is 0.0694. The number of nitrogen functional groups attached to an aromatic ring is 1. The molecular formula is C14H20FN3O2. The predicted octanol–water partition coefficient (Wildman–Crippen LogP) is 0.545. The van der Waals surface area contributed by atoms with Crippen LogP contribution in [-0.2, 0) is 0 Å². The second-order valence-electron chi connectivity index (χ2n) is 5.50. The summed E-state index contributed by atoms with van der Waals surface area (Å²) in [5.74, 6) is -1.01. The lowest BCUT2D eigenvalue weighted by Crippen LogP contribution is -2.41. The molecule has 2 unspecified atom stereocenters. The number of carbonyl (C=O) groups is 1. The maximum atomic E-state index is 13.8. The number of carbonyl (C=O) groups excluding carboxylic acids is 1. The van der Waals surface area contributed by atoms with Crippen LogP contribution in [0.3, 0.4) is 0 Å². The van der Waals surface area contributed by atoms with Crippen LogP contribution in [0.5, 0.6) is 0 Å². The van der Waals surface area contributed by atoms with Gasteiger partial charge in [-0.2, -0.15) is 0 Å². The molecule has 1 aliphatic rings. The van der Waals surface area contributed by atoms with Crippen molar-refractivity contribution in [3.05, 3.63) is 29.6 Å². The third kappa shape index (κ3) is 3.08. The van der Waals surface area contributed by atoms with Crippen molar-refractivity contribution >= 4 is 11.6 Å². The van der Waals surface area contributed by atoms with E-state index in [-0.39, 0.29) is 18.2 Å². The van der Waals surface area contributed by atoms with Crippen LogP contribution >= 0.6 is 0 Å². The maximum Gasteiger partial charge on any atom is 0.257 e. The quantitative estimate of drug-likeness (QED) is 0.794. The fourth-order valence-electron chi connectivity index (χ4n) is 2.60. The van der Waals surface area contributed by atoms with E-state index in [9.17, 15) is 14.3 Å². The molecular weight excluding hydrogens is 261 g/mol. The van der Waals surface area contributed by atoms with Crippen molar-refractivity contribution in [3.8, 4) is 0 Å². The largest absolute Gasteiger partial charge is 0.399 e. The number of nitrogens with two attached hydrogens (primary N) is 1. The average molecular weight is 281 g/mol. The molecule has 1 aliphatic heterocycles. The van der Waals surface area contributed by atoms with Gasteiger partial charge in [0.25, 0.3) is 5.91 Å². The Hall–Kier alpha value is -1.66. The first-order chi connectivity index (χ1) is 9.38. The van der Waals surface area contributed by atoms with Gasteiger partial charge in [-0.25, -0.2) is 4.39 Å². The van der Waals surface area contributed by atoms with Gasteiger partial charge in [-0.3, -0.25) is 4.79 Å². The molecule has 3 N–H and O–H groups in total. The summed E-state index contributed by atoms with van der Waals surface area (Å²) in [4.78, 5) is 15.9. The van der Waals surface area contributed by atoms with Crippen LogP contribution in [0, 0.1) is 5.82 Å². The van der Waals surface area contributed by atoms with Crippen molar-refractivity contribution in [2.75, 3.05) is 32.9 Å². The van der Waals surface area contributed by atoms with Gasteiger partial charge in [-0.15, -0.1) is 0 Å². The van der Waals surface area contributed by atoms with Crippen LogP contribution < -0.4 is 5.73 Å². The summed E-state index contributed by atoms with van der Waals surface area (Å²) in [6, 6.07) is 3.83. The first-order valence-corrected chi connectivity index (χ1v) is 6.57. The Morgan fingerprint density at radius 2 is 2.25 bits per heavy atom. The van der Waals surface area contributed by atoms with Crippen molar-refractivity contribution in [2.24, 2.45) is 0 Å². The molecule has 110 valence electrons. The number of likely N-dealkylation sites (tertiary alicyclic amines) is 1. The van der Waals surface area contributed by atoms with Gasteiger partial charge in [-0.05, 0) is 38.7 Å². The van der Waals surface area contributed by atoms with Crippen molar-refractivity contribution in [3.63, 3.8) is 0 Å². The summed E-state index contributed by atoms with van der Waals surface area (Å²) in [6.07, 6.45) is -0.0542. The second kappa shape index (κ2) is 5.76. The number of β-amino-alcohol motifs (C(OH)–C–C–N with tert-alkyl or cyclic N) is 1.